The summed E-state index contributed by atoms with van der Waals surface area (Å²) in [6, 6.07) is 5.12. The van der Waals surface area contributed by atoms with Crippen LogP contribution >= 0.6 is 0 Å². The molecule has 1 heterocycles. The Kier molecular flexibility index (Phi) is 2.82. The molecule has 0 amide bonds. The van der Waals surface area contributed by atoms with Crippen LogP contribution in [0.1, 0.15) is 36.9 Å². The van der Waals surface area contributed by atoms with Gasteiger partial charge < -0.3 is 0 Å². The van der Waals surface area contributed by atoms with E-state index in [0.717, 1.165) is 22.5 Å². The van der Waals surface area contributed by atoms with Crippen molar-refractivity contribution in [2.75, 3.05) is 0 Å². The Morgan fingerprint density at radius 1 is 1.22 bits per heavy atom. The maximum Gasteiger partial charge on any atom is 0.126 e. The highest BCUT2D eigenvalue weighted by atomic mass is 19.1. The minimum Gasteiger partial charge on any atom is -0.257 e. The van der Waals surface area contributed by atoms with Crippen molar-refractivity contribution in [3.63, 3.8) is 0 Å². The van der Waals surface area contributed by atoms with Crippen molar-refractivity contribution >= 4 is 0 Å². The zero-order valence-corrected chi connectivity index (χ0v) is 10.4. The lowest BCUT2D eigenvalue weighted by molar-refractivity contribution is 0.612. The van der Waals surface area contributed by atoms with Crippen molar-refractivity contribution in [1.82, 2.24) is 9.97 Å². The van der Waals surface area contributed by atoms with Gasteiger partial charge in [-0.3, -0.25) is 9.97 Å². The zero-order chi connectivity index (χ0) is 12.5. The van der Waals surface area contributed by atoms with E-state index in [1.54, 1.807) is 12.3 Å². The molecule has 1 aromatic heterocycles. The second kappa shape index (κ2) is 4.48. The molecule has 0 spiro atoms. The second-order valence-corrected chi connectivity index (χ2v) is 4.76. The number of benzene rings is 1. The molecule has 3 rings (SSSR count). The van der Waals surface area contributed by atoms with Gasteiger partial charge in [-0.2, -0.15) is 0 Å². The Morgan fingerprint density at radius 3 is 2.67 bits per heavy atom. The summed E-state index contributed by atoms with van der Waals surface area (Å²) < 4.78 is 13.4. The number of hydrogen-bond acceptors (Lipinski definition) is 2. The van der Waals surface area contributed by atoms with E-state index in [2.05, 4.69) is 9.97 Å². The van der Waals surface area contributed by atoms with Gasteiger partial charge in [-0.15, -0.1) is 0 Å². The van der Waals surface area contributed by atoms with Crippen LogP contribution in [0.4, 0.5) is 4.39 Å². The first-order valence-electron chi connectivity index (χ1n) is 6.38. The van der Waals surface area contributed by atoms with E-state index < -0.39 is 0 Å². The van der Waals surface area contributed by atoms with Crippen molar-refractivity contribution in [2.45, 2.75) is 32.1 Å². The summed E-state index contributed by atoms with van der Waals surface area (Å²) >= 11 is 0. The van der Waals surface area contributed by atoms with Crippen LogP contribution in [0.2, 0.25) is 0 Å². The first-order chi connectivity index (χ1) is 8.78. The quantitative estimate of drug-likeness (QED) is 0.819. The number of aromatic nitrogens is 2. The van der Waals surface area contributed by atoms with Gasteiger partial charge in [0.1, 0.15) is 5.82 Å². The fraction of sp³-hybridized carbons (Fsp3) is 0.333. The molecule has 18 heavy (non-hydrogen) atoms. The first kappa shape index (κ1) is 11.3. The monoisotopic (exact) mass is 242 g/mol. The lowest BCUT2D eigenvalue weighted by atomic mass is 10.1. The van der Waals surface area contributed by atoms with E-state index >= 15 is 0 Å². The predicted octanol–water partition coefficient (Wildman–Crippen LogP) is 3.72. The van der Waals surface area contributed by atoms with E-state index in [0.29, 0.717) is 12.3 Å². The van der Waals surface area contributed by atoms with Crippen LogP contribution < -0.4 is 0 Å². The van der Waals surface area contributed by atoms with Gasteiger partial charge in [0.2, 0.25) is 0 Å². The molecule has 1 saturated carbocycles. The normalized spacial score (nSPS) is 14.8. The van der Waals surface area contributed by atoms with Gasteiger partial charge in [-0.25, -0.2) is 4.39 Å². The molecule has 1 aromatic carbocycles. The third-order valence-corrected chi connectivity index (χ3v) is 3.39. The summed E-state index contributed by atoms with van der Waals surface area (Å²) in [6.45, 7) is 1.95. The largest absolute Gasteiger partial charge is 0.257 e. The Balaban J connectivity index is 1.93. The molecule has 0 unspecified atom stereocenters. The van der Waals surface area contributed by atoms with Crippen molar-refractivity contribution in [3.05, 3.63) is 47.7 Å². The van der Waals surface area contributed by atoms with Gasteiger partial charge in [0, 0.05) is 17.7 Å². The molecular formula is C15H15FN2. The van der Waals surface area contributed by atoms with E-state index in [4.69, 9.17) is 0 Å². The summed E-state index contributed by atoms with van der Waals surface area (Å²) in [5, 5.41) is 0. The molecule has 0 aliphatic heterocycles. The highest BCUT2D eigenvalue weighted by Gasteiger charge is 2.25. The Morgan fingerprint density at radius 2 is 2.06 bits per heavy atom. The van der Waals surface area contributed by atoms with Crippen LogP contribution in [0.25, 0.3) is 11.3 Å². The molecular weight excluding hydrogens is 227 g/mol. The van der Waals surface area contributed by atoms with Crippen LogP contribution in [0.3, 0.4) is 0 Å². The van der Waals surface area contributed by atoms with Gasteiger partial charge in [0.25, 0.3) is 0 Å². The summed E-state index contributed by atoms with van der Waals surface area (Å²) in [4.78, 5) is 8.87. The number of aryl methyl sites for hydroxylation is 1. The average molecular weight is 242 g/mol. The summed E-state index contributed by atoms with van der Waals surface area (Å²) in [6.07, 6.45) is 6.78. The van der Waals surface area contributed by atoms with Gasteiger partial charge >= 0.3 is 0 Å². The second-order valence-electron chi connectivity index (χ2n) is 4.76. The fourth-order valence-electron chi connectivity index (χ4n) is 2.08. The predicted molar refractivity (Wildman–Crippen MR) is 68.8 cm³/mol. The first-order valence-corrected chi connectivity index (χ1v) is 6.38. The molecule has 92 valence electrons. The van der Waals surface area contributed by atoms with Crippen LogP contribution in [0.5, 0.6) is 0 Å². The van der Waals surface area contributed by atoms with Crippen molar-refractivity contribution in [1.29, 1.82) is 0 Å². The number of halogens is 1. The Hall–Kier alpha value is -1.77. The van der Waals surface area contributed by atoms with E-state index in [-0.39, 0.29) is 5.82 Å². The molecule has 0 N–H and O–H groups in total. The molecule has 3 heteroatoms. The smallest absolute Gasteiger partial charge is 0.126 e. The summed E-state index contributed by atoms with van der Waals surface area (Å²) in [7, 11) is 0. The van der Waals surface area contributed by atoms with Crippen molar-refractivity contribution in [3.8, 4) is 11.3 Å². The van der Waals surface area contributed by atoms with Crippen LogP contribution in [0.15, 0.2) is 30.6 Å². The number of hydrogen-bond donors (Lipinski definition) is 0. The van der Waals surface area contributed by atoms with E-state index in [1.165, 1.54) is 18.9 Å². The lowest BCUT2D eigenvalue weighted by Gasteiger charge is -2.05. The van der Waals surface area contributed by atoms with E-state index in [9.17, 15) is 4.39 Å². The standard InChI is InChI=1S/C15H15FN2/c1-2-10-7-12(5-6-13(10)16)15-9-17-14(8-18-15)11-3-4-11/h5-9,11H,2-4H2,1H3. The number of rotatable bonds is 3. The molecule has 1 aliphatic carbocycles. The SMILES string of the molecule is CCc1cc(-c2cnc(C3CC3)cn2)ccc1F. The van der Waals surface area contributed by atoms with Gasteiger partial charge in [0.15, 0.2) is 0 Å². The Bertz CT molecular complexity index is 559. The fourth-order valence-corrected chi connectivity index (χ4v) is 2.08. The summed E-state index contributed by atoms with van der Waals surface area (Å²) in [5.41, 5.74) is 3.55. The third-order valence-electron chi connectivity index (χ3n) is 3.39. The molecule has 0 bridgehead atoms. The molecule has 1 fully saturated rings. The molecule has 2 nitrogen and oxygen atoms in total. The topological polar surface area (TPSA) is 25.8 Å². The Labute approximate surface area is 106 Å². The van der Waals surface area contributed by atoms with Gasteiger partial charge in [-0.1, -0.05) is 6.92 Å². The van der Waals surface area contributed by atoms with Crippen molar-refractivity contribution in [2.24, 2.45) is 0 Å². The lowest BCUT2D eigenvalue weighted by Crippen LogP contribution is -1.93. The van der Waals surface area contributed by atoms with Crippen LogP contribution in [0, 0.1) is 5.82 Å². The molecule has 2 aromatic rings. The summed E-state index contributed by atoms with van der Waals surface area (Å²) in [5.74, 6) is 0.467. The van der Waals surface area contributed by atoms with Crippen LogP contribution in [-0.4, -0.2) is 9.97 Å². The van der Waals surface area contributed by atoms with Gasteiger partial charge in [-0.05, 0) is 43.0 Å². The highest BCUT2D eigenvalue weighted by molar-refractivity contribution is 5.59. The highest BCUT2D eigenvalue weighted by Crippen LogP contribution is 2.38. The zero-order valence-electron chi connectivity index (χ0n) is 10.4. The third kappa shape index (κ3) is 2.13. The maximum atomic E-state index is 13.4. The molecule has 0 atom stereocenters. The van der Waals surface area contributed by atoms with Crippen LogP contribution in [-0.2, 0) is 6.42 Å². The average Bonchev–Trinajstić information content (AvgIpc) is 3.24. The molecule has 0 radical (unpaired) electrons. The molecule has 0 saturated heterocycles. The van der Waals surface area contributed by atoms with Gasteiger partial charge in [0.05, 0.1) is 17.6 Å². The minimum absolute atomic E-state index is 0.149. The minimum atomic E-state index is -0.149. The maximum absolute atomic E-state index is 13.4. The van der Waals surface area contributed by atoms with E-state index in [1.807, 2.05) is 19.2 Å². The van der Waals surface area contributed by atoms with Crippen molar-refractivity contribution < 1.29 is 4.39 Å². The molecule has 1 aliphatic rings. The number of nitrogens with zero attached hydrogens (tertiary/aromatic N) is 2.